The minimum Gasteiger partial charge on any atom is -0.309 e. The van der Waals surface area contributed by atoms with Crippen LogP contribution in [0.1, 0.15) is 44.5 Å². The van der Waals surface area contributed by atoms with Gasteiger partial charge in [-0.25, -0.2) is 0 Å². The van der Waals surface area contributed by atoms with Crippen molar-refractivity contribution < 1.29 is 0 Å². The fourth-order valence-corrected chi connectivity index (χ4v) is 13.9. The first-order valence-corrected chi connectivity index (χ1v) is 24.5. The Bertz CT molecular complexity index is 4170. The highest BCUT2D eigenvalue weighted by Gasteiger charge is 2.53. The molecule has 0 bridgehead atoms. The number of para-hydroxylation sites is 4. The highest BCUT2D eigenvalue weighted by Crippen LogP contribution is 2.66. The molecule has 3 aliphatic carbocycles. The molecule has 324 valence electrons. The molecule has 2 heterocycles. The average molecular weight is 887 g/mol. The van der Waals surface area contributed by atoms with Crippen molar-refractivity contribution in [3.8, 4) is 50.2 Å². The van der Waals surface area contributed by atoms with E-state index in [9.17, 15) is 0 Å². The molecule has 2 heteroatoms. The van der Waals surface area contributed by atoms with Gasteiger partial charge < -0.3 is 9.47 Å². The molecule has 12 aromatic rings. The van der Waals surface area contributed by atoms with E-state index < -0.39 is 10.8 Å². The third-order valence-corrected chi connectivity index (χ3v) is 16.4. The predicted octanol–water partition coefficient (Wildman–Crippen LogP) is 16.9. The lowest BCUT2D eigenvalue weighted by atomic mass is 9.65. The molecule has 16 rings (SSSR count). The van der Waals surface area contributed by atoms with Gasteiger partial charge in [0.2, 0.25) is 0 Å². The van der Waals surface area contributed by atoms with Crippen molar-refractivity contribution in [3.63, 3.8) is 0 Å². The Morgan fingerprint density at radius 2 is 0.786 bits per heavy atom. The van der Waals surface area contributed by atoms with Crippen LogP contribution in [-0.4, -0.2) is 4.57 Å². The lowest BCUT2D eigenvalue weighted by Gasteiger charge is -2.39. The second-order valence-electron chi connectivity index (χ2n) is 19.4. The molecule has 11 aromatic carbocycles. The number of aromatic nitrogens is 1. The Morgan fingerprint density at radius 1 is 0.300 bits per heavy atom. The molecule has 0 N–H and O–H groups in total. The summed E-state index contributed by atoms with van der Waals surface area (Å²) in [5, 5.41) is 2.57. The number of benzene rings is 11. The Morgan fingerprint density at radius 3 is 1.53 bits per heavy atom. The molecule has 1 aliphatic heterocycles. The molecule has 1 atom stereocenters. The Balaban J connectivity index is 1.00. The van der Waals surface area contributed by atoms with Crippen LogP contribution in [0.15, 0.2) is 255 Å². The molecule has 0 saturated carbocycles. The van der Waals surface area contributed by atoms with Gasteiger partial charge in [-0.05, 0) is 114 Å². The molecule has 2 spiro atoms. The van der Waals surface area contributed by atoms with Crippen LogP contribution in [0.4, 0.5) is 17.1 Å². The smallest absolute Gasteiger partial charge is 0.0754 e. The zero-order valence-corrected chi connectivity index (χ0v) is 38.1. The van der Waals surface area contributed by atoms with Crippen LogP contribution in [-0.2, 0) is 10.8 Å². The first-order chi connectivity index (χ1) is 34.8. The van der Waals surface area contributed by atoms with Gasteiger partial charge in [-0.2, -0.15) is 0 Å². The summed E-state index contributed by atoms with van der Waals surface area (Å²) in [6.45, 7) is 0. The summed E-state index contributed by atoms with van der Waals surface area (Å²) in [6.07, 6.45) is 0. The SMILES string of the molecule is c1ccc(-c2ccccc2N(c2ccc3c(c2)-c2ccccc2C32c3ccccc3-n3c4ccccc4c4cccc2c43)c2cccc3c2-c2ccccc2C32c3ccccc3-c3ccccc32)cc1. The Labute approximate surface area is 406 Å². The third-order valence-electron chi connectivity index (χ3n) is 16.4. The van der Waals surface area contributed by atoms with Gasteiger partial charge in [-0.3, -0.25) is 0 Å². The van der Waals surface area contributed by atoms with Crippen LogP contribution in [0.25, 0.3) is 72.0 Å². The van der Waals surface area contributed by atoms with Gasteiger partial charge in [-0.1, -0.05) is 218 Å². The van der Waals surface area contributed by atoms with E-state index in [0.717, 1.165) is 17.1 Å². The standard InChI is InChI=1S/C68H42N2/c1-2-20-43(21-3-1)45-22-8-15-36-61(45)69(64-39-19-34-59-65(64)51-27-7-13-32-56(51)67(59)53-29-10-4-23-46(53)47-24-5-11-30-54(47)67)44-40-41-57-52(42-44)48-25-6-12-31-55(48)68(57)58-33-14-17-38-63(58)70-62-37-16-9-26-49(62)50-28-18-35-60(68)66(50)70/h1-42H. The molecule has 2 nitrogen and oxygen atoms in total. The van der Waals surface area contributed by atoms with Gasteiger partial charge in [0.05, 0.1) is 38.9 Å². The minimum absolute atomic E-state index is 0.471. The van der Waals surface area contributed by atoms with Gasteiger partial charge in [0.25, 0.3) is 0 Å². The van der Waals surface area contributed by atoms with Crippen molar-refractivity contribution in [2.24, 2.45) is 0 Å². The summed E-state index contributed by atoms with van der Waals surface area (Å²) in [4.78, 5) is 2.57. The van der Waals surface area contributed by atoms with Crippen molar-refractivity contribution >= 4 is 38.9 Å². The maximum absolute atomic E-state index is 2.57. The van der Waals surface area contributed by atoms with E-state index in [0.29, 0.717) is 0 Å². The van der Waals surface area contributed by atoms with Gasteiger partial charge in [-0.15, -0.1) is 0 Å². The van der Waals surface area contributed by atoms with Crippen molar-refractivity contribution in [2.45, 2.75) is 10.8 Å². The monoisotopic (exact) mass is 886 g/mol. The molecule has 0 radical (unpaired) electrons. The van der Waals surface area contributed by atoms with Gasteiger partial charge in [0, 0.05) is 27.6 Å². The lowest BCUT2D eigenvalue weighted by Crippen LogP contribution is -2.33. The van der Waals surface area contributed by atoms with Crippen LogP contribution in [0.5, 0.6) is 0 Å². The largest absolute Gasteiger partial charge is 0.309 e. The predicted molar refractivity (Wildman–Crippen MR) is 288 cm³/mol. The van der Waals surface area contributed by atoms with Crippen molar-refractivity contribution in [1.29, 1.82) is 0 Å². The van der Waals surface area contributed by atoms with Crippen LogP contribution in [0.2, 0.25) is 0 Å². The summed E-state index contributed by atoms with van der Waals surface area (Å²) in [6, 6.07) is 96.0. The second-order valence-corrected chi connectivity index (χ2v) is 19.4. The molecule has 70 heavy (non-hydrogen) atoms. The van der Waals surface area contributed by atoms with Crippen molar-refractivity contribution in [3.05, 3.63) is 299 Å². The first kappa shape index (κ1) is 38.0. The molecular weight excluding hydrogens is 845 g/mol. The Hall–Kier alpha value is -8.98. The van der Waals surface area contributed by atoms with Crippen molar-refractivity contribution in [1.82, 2.24) is 4.57 Å². The number of hydrogen-bond acceptors (Lipinski definition) is 1. The molecular formula is C68H42N2. The fourth-order valence-electron chi connectivity index (χ4n) is 13.9. The number of nitrogens with zero attached hydrogens (tertiary/aromatic N) is 2. The van der Waals surface area contributed by atoms with Gasteiger partial charge >= 0.3 is 0 Å². The quantitative estimate of drug-likeness (QED) is 0.171. The normalized spacial score (nSPS) is 15.6. The van der Waals surface area contributed by atoms with Crippen molar-refractivity contribution in [2.75, 3.05) is 4.90 Å². The highest BCUT2D eigenvalue weighted by atomic mass is 15.1. The number of rotatable bonds is 4. The number of hydrogen-bond donors (Lipinski definition) is 0. The summed E-state index contributed by atoms with van der Waals surface area (Å²) < 4.78 is 2.53. The lowest BCUT2D eigenvalue weighted by molar-refractivity contribution is 0.748. The van der Waals surface area contributed by atoms with Crippen LogP contribution >= 0.6 is 0 Å². The second kappa shape index (κ2) is 13.8. The highest BCUT2D eigenvalue weighted by molar-refractivity contribution is 6.13. The maximum atomic E-state index is 2.57. The third kappa shape index (κ3) is 4.55. The van der Waals surface area contributed by atoms with E-state index in [-0.39, 0.29) is 0 Å². The van der Waals surface area contributed by atoms with E-state index in [1.165, 1.54) is 117 Å². The molecule has 1 unspecified atom stereocenters. The zero-order chi connectivity index (χ0) is 45.7. The van der Waals surface area contributed by atoms with E-state index in [1.807, 2.05) is 0 Å². The van der Waals surface area contributed by atoms with E-state index in [4.69, 9.17) is 0 Å². The minimum atomic E-state index is -0.541. The molecule has 0 saturated heterocycles. The maximum Gasteiger partial charge on any atom is 0.0754 e. The van der Waals surface area contributed by atoms with Crippen LogP contribution < -0.4 is 4.90 Å². The summed E-state index contributed by atoms with van der Waals surface area (Å²) in [5.74, 6) is 0. The number of fused-ring (bicyclic) bond motifs is 22. The molecule has 1 aromatic heterocycles. The fraction of sp³-hybridized carbons (Fsp3) is 0.0294. The molecule has 4 aliphatic rings. The molecule has 0 amide bonds. The first-order valence-electron chi connectivity index (χ1n) is 24.5. The summed E-state index contributed by atoms with van der Waals surface area (Å²) in [5.41, 5.74) is 26.8. The summed E-state index contributed by atoms with van der Waals surface area (Å²) >= 11 is 0. The van der Waals surface area contributed by atoms with E-state index in [2.05, 4.69) is 264 Å². The number of anilines is 3. The Kier molecular flexibility index (Phi) is 7.51. The molecule has 0 fully saturated rings. The van der Waals surface area contributed by atoms with Gasteiger partial charge in [0.1, 0.15) is 0 Å². The van der Waals surface area contributed by atoms with E-state index >= 15 is 0 Å². The van der Waals surface area contributed by atoms with E-state index in [1.54, 1.807) is 0 Å². The van der Waals surface area contributed by atoms with Crippen LogP contribution in [0.3, 0.4) is 0 Å². The zero-order valence-electron chi connectivity index (χ0n) is 38.1. The average Bonchev–Trinajstić information content (AvgIpc) is 4.14. The topological polar surface area (TPSA) is 8.17 Å². The van der Waals surface area contributed by atoms with Crippen LogP contribution in [0, 0.1) is 0 Å². The summed E-state index contributed by atoms with van der Waals surface area (Å²) in [7, 11) is 0. The van der Waals surface area contributed by atoms with Gasteiger partial charge in [0.15, 0.2) is 0 Å².